The van der Waals surface area contributed by atoms with E-state index in [0.717, 1.165) is 0 Å². The van der Waals surface area contributed by atoms with E-state index in [0.29, 0.717) is 0 Å². The molecule has 0 unspecified atom stereocenters. The van der Waals surface area contributed by atoms with Gasteiger partial charge in [0.25, 0.3) is 0 Å². The average molecular weight is 265 g/mol. The minimum Gasteiger partial charge on any atom is -0.274 e. The van der Waals surface area contributed by atoms with Crippen molar-refractivity contribution in [3.8, 4) is 0 Å². The van der Waals surface area contributed by atoms with Crippen molar-refractivity contribution in [1.82, 2.24) is 0 Å². The number of carbonyl (C=O) groups excluding carboxylic acids is 2. The first-order valence-corrected chi connectivity index (χ1v) is 4.73. The van der Waals surface area contributed by atoms with E-state index in [2.05, 4.69) is 0 Å². The summed E-state index contributed by atoms with van der Waals surface area (Å²) in [4.78, 5) is 22.4. The molecule has 1 aromatic carbocycles. The number of nitrogens with zero attached hydrogens (tertiary/aromatic N) is 1. The van der Waals surface area contributed by atoms with Crippen LogP contribution in [0.25, 0.3) is 0 Å². The van der Waals surface area contributed by atoms with E-state index in [9.17, 15) is 31.5 Å². The quantitative estimate of drug-likeness (QED) is 0.337. The van der Waals surface area contributed by atoms with E-state index in [4.69, 9.17) is 0 Å². The van der Waals surface area contributed by atoms with E-state index in [-0.39, 0.29) is 17.7 Å². The fraction of sp³-hybridized carbons (Fsp3) is 0.200. The van der Waals surface area contributed by atoms with Crippen molar-refractivity contribution in [3.05, 3.63) is 29.1 Å². The lowest BCUT2D eigenvalue weighted by atomic mass is 10.2. The molecule has 0 aromatic heterocycles. The lowest BCUT2D eigenvalue weighted by Crippen LogP contribution is -2.31. The van der Waals surface area contributed by atoms with Crippen molar-refractivity contribution in [2.45, 2.75) is 12.8 Å². The van der Waals surface area contributed by atoms with Gasteiger partial charge in [-0.2, -0.15) is 0 Å². The molecule has 0 spiro atoms. The third-order valence-corrected chi connectivity index (χ3v) is 2.46. The molecule has 18 heavy (non-hydrogen) atoms. The number of amides is 2. The van der Waals surface area contributed by atoms with Gasteiger partial charge in [0.15, 0.2) is 23.3 Å². The second-order valence-corrected chi connectivity index (χ2v) is 3.54. The Labute approximate surface area is 96.8 Å². The van der Waals surface area contributed by atoms with Crippen molar-refractivity contribution < 1.29 is 31.5 Å². The summed E-state index contributed by atoms with van der Waals surface area (Å²) in [5.74, 6) is -13.2. The Bertz CT molecular complexity index is 527. The van der Waals surface area contributed by atoms with Crippen molar-refractivity contribution >= 4 is 17.5 Å². The van der Waals surface area contributed by atoms with Gasteiger partial charge < -0.3 is 0 Å². The highest BCUT2D eigenvalue weighted by Gasteiger charge is 2.38. The Morgan fingerprint density at radius 3 is 1.39 bits per heavy atom. The van der Waals surface area contributed by atoms with Gasteiger partial charge in [0.2, 0.25) is 17.6 Å². The number of hydrogen-bond acceptors (Lipinski definition) is 2. The molecule has 8 heteroatoms. The second-order valence-electron chi connectivity index (χ2n) is 3.54. The molecule has 1 aliphatic rings. The van der Waals surface area contributed by atoms with Crippen LogP contribution in [0.2, 0.25) is 0 Å². The molecular weight excluding hydrogens is 261 g/mol. The molecule has 1 aliphatic heterocycles. The molecule has 1 fully saturated rings. The number of hydrogen-bond donors (Lipinski definition) is 0. The third kappa shape index (κ3) is 1.56. The number of anilines is 1. The summed E-state index contributed by atoms with van der Waals surface area (Å²) in [7, 11) is 0. The molecule has 2 rings (SSSR count). The van der Waals surface area contributed by atoms with Crippen LogP contribution in [0.15, 0.2) is 0 Å². The number of halogens is 5. The highest BCUT2D eigenvalue weighted by atomic mass is 19.2. The van der Waals surface area contributed by atoms with Crippen LogP contribution in [0.4, 0.5) is 27.6 Å². The van der Waals surface area contributed by atoms with Gasteiger partial charge in [-0.05, 0) is 0 Å². The normalized spacial score (nSPS) is 15.7. The zero-order chi connectivity index (χ0) is 13.6. The minimum atomic E-state index is -2.34. The molecular formula is C10H4F5NO2. The highest BCUT2D eigenvalue weighted by molar-refractivity contribution is 6.19. The zero-order valence-electron chi connectivity index (χ0n) is 8.57. The van der Waals surface area contributed by atoms with E-state index < -0.39 is 46.6 Å². The summed E-state index contributed by atoms with van der Waals surface area (Å²) in [6.45, 7) is 0. The van der Waals surface area contributed by atoms with Crippen LogP contribution in [0.3, 0.4) is 0 Å². The SMILES string of the molecule is O=C1CCC(=O)N1c1c(F)c(F)c(F)c(F)c1F. The molecule has 96 valence electrons. The summed E-state index contributed by atoms with van der Waals surface area (Å²) in [6.07, 6.45) is -0.670. The predicted molar refractivity (Wildman–Crippen MR) is 48.0 cm³/mol. The van der Waals surface area contributed by atoms with Gasteiger partial charge in [0.05, 0.1) is 0 Å². The average Bonchev–Trinajstić information content (AvgIpc) is 2.66. The van der Waals surface area contributed by atoms with Crippen LogP contribution >= 0.6 is 0 Å². The molecule has 0 saturated carbocycles. The maximum atomic E-state index is 13.3. The topological polar surface area (TPSA) is 37.4 Å². The van der Waals surface area contributed by atoms with E-state index in [1.807, 2.05) is 0 Å². The maximum absolute atomic E-state index is 13.3. The molecule has 3 nitrogen and oxygen atoms in total. The smallest absolute Gasteiger partial charge is 0.234 e. The molecule has 0 radical (unpaired) electrons. The van der Waals surface area contributed by atoms with Crippen LogP contribution in [0.5, 0.6) is 0 Å². The lowest BCUT2D eigenvalue weighted by molar-refractivity contribution is -0.121. The molecule has 1 aromatic rings. The second kappa shape index (κ2) is 4.04. The first-order chi connectivity index (χ1) is 8.36. The van der Waals surface area contributed by atoms with Crippen LogP contribution in [-0.4, -0.2) is 11.8 Å². The van der Waals surface area contributed by atoms with Gasteiger partial charge >= 0.3 is 0 Å². The van der Waals surface area contributed by atoms with Gasteiger partial charge in [-0.1, -0.05) is 0 Å². The summed E-state index contributed by atoms with van der Waals surface area (Å²) < 4.78 is 65.2. The van der Waals surface area contributed by atoms with Crippen LogP contribution < -0.4 is 4.90 Å². The van der Waals surface area contributed by atoms with E-state index >= 15 is 0 Å². The van der Waals surface area contributed by atoms with Crippen molar-refractivity contribution in [2.24, 2.45) is 0 Å². The molecule has 0 aliphatic carbocycles. The standard InChI is InChI=1S/C10H4F5NO2/c11-5-6(12)8(14)10(9(15)7(5)13)16-3(17)1-2-4(16)18/h1-2H2. The summed E-state index contributed by atoms with van der Waals surface area (Å²) in [6, 6.07) is 0. The van der Waals surface area contributed by atoms with Gasteiger partial charge in [0.1, 0.15) is 5.69 Å². The highest BCUT2D eigenvalue weighted by Crippen LogP contribution is 2.33. The van der Waals surface area contributed by atoms with Crippen LogP contribution in [-0.2, 0) is 9.59 Å². The summed E-state index contributed by atoms with van der Waals surface area (Å²) in [5.41, 5.74) is -1.51. The molecule has 1 heterocycles. The number of benzene rings is 1. The number of rotatable bonds is 1. The Balaban J connectivity index is 2.72. The van der Waals surface area contributed by atoms with Gasteiger partial charge in [-0.3, -0.25) is 9.59 Å². The first kappa shape index (κ1) is 12.5. The van der Waals surface area contributed by atoms with Crippen LogP contribution in [0.1, 0.15) is 12.8 Å². The molecule has 0 N–H and O–H groups in total. The largest absolute Gasteiger partial charge is 0.274 e. The Morgan fingerprint density at radius 1 is 0.667 bits per heavy atom. The monoisotopic (exact) mass is 265 g/mol. The summed E-state index contributed by atoms with van der Waals surface area (Å²) in [5, 5.41) is 0. The minimum absolute atomic E-state index is 0.0176. The number of carbonyl (C=O) groups is 2. The Hall–Kier alpha value is -1.99. The lowest BCUT2D eigenvalue weighted by Gasteiger charge is -2.16. The Morgan fingerprint density at radius 2 is 1.00 bits per heavy atom. The maximum Gasteiger partial charge on any atom is 0.234 e. The first-order valence-electron chi connectivity index (χ1n) is 4.73. The van der Waals surface area contributed by atoms with E-state index in [1.54, 1.807) is 0 Å². The summed E-state index contributed by atoms with van der Waals surface area (Å²) >= 11 is 0. The van der Waals surface area contributed by atoms with Crippen molar-refractivity contribution in [2.75, 3.05) is 4.90 Å². The van der Waals surface area contributed by atoms with E-state index in [1.165, 1.54) is 0 Å². The fourth-order valence-electron chi connectivity index (χ4n) is 1.62. The van der Waals surface area contributed by atoms with Gasteiger partial charge in [-0.25, -0.2) is 26.9 Å². The predicted octanol–water partition coefficient (Wildman–Crippen LogP) is 2.04. The third-order valence-electron chi connectivity index (χ3n) is 2.46. The number of imide groups is 1. The Kier molecular flexibility index (Phi) is 2.80. The molecule has 0 bridgehead atoms. The van der Waals surface area contributed by atoms with Gasteiger partial charge in [-0.15, -0.1) is 0 Å². The molecule has 2 amide bonds. The molecule has 0 atom stereocenters. The molecule has 1 saturated heterocycles. The van der Waals surface area contributed by atoms with Crippen molar-refractivity contribution in [3.63, 3.8) is 0 Å². The van der Waals surface area contributed by atoms with Crippen molar-refractivity contribution in [1.29, 1.82) is 0 Å². The van der Waals surface area contributed by atoms with Crippen LogP contribution in [0, 0.1) is 29.1 Å². The fourth-order valence-corrected chi connectivity index (χ4v) is 1.62. The van der Waals surface area contributed by atoms with Gasteiger partial charge in [0, 0.05) is 12.8 Å². The zero-order valence-corrected chi connectivity index (χ0v) is 8.57.